The fourth-order valence-electron chi connectivity index (χ4n) is 1.55. The normalized spacial score (nSPS) is 21.2. The third-order valence-electron chi connectivity index (χ3n) is 2.33. The van der Waals surface area contributed by atoms with Gasteiger partial charge in [0.15, 0.2) is 0 Å². The summed E-state index contributed by atoms with van der Waals surface area (Å²) < 4.78 is 5.44. The summed E-state index contributed by atoms with van der Waals surface area (Å²) in [6, 6.07) is 5.29. The van der Waals surface area contributed by atoms with Crippen LogP contribution in [0.25, 0.3) is 0 Å². The Balaban J connectivity index is 2.47. The molecule has 0 aliphatic carbocycles. The van der Waals surface area contributed by atoms with E-state index < -0.39 is 0 Å². The molecule has 0 spiro atoms. The van der Waals surface area contributed by atoms with Gasteiger partial charge >= 0.3 is 0 Å². The van der Waals surface area contributed by atoms with Crippen LogP contribution < -0.4 is 4.74 Å². The smallest absolute Gasteiger partial charge is 0.123 e. The summed E-state index contributed by atoms with van der Waals surface area (Å²) in [5, 5.41) is 9.25. The van der Waals surface area contributed by atoms with E-state index in [1.807, 2.05) is 6.07 Å². The van der Waals surface area contributed by atoms with E-state index in [0.717, 1.165) is 24.3 Å². The van der Waals surface area contributed by atoms with Gasteiger partial charge in [-0.3, -0.25) is 0 Å². The van der Waals surface area contributed by atoms with Crippen molar-refractivity contribution in [2.24, 2.45) is 0 Å². The molecule has 1 heterocycles. The fourth-order valence-corrected chi connectivity index (χ4v) is 1.55. The van der Waals surface area contributed by atoms with Crippen LogP contribution in [0.1, 0.15) is 24.8 Å². The van der Waals surface area contributed by atoms with Crippen molar-refractivity contribution in [1.29, 1.82) is 0 Å². The topological polar surface area (TPSA) is 29.5 Å². The van der Waals surface area contributed by atoms with E-state index in [2.05, 4.69) is 6.92 Å². The number of benzene rings is 1. The molecule has 0 unspecified atom stereocenters. The molecule has 0 amide bonds. The Morgan fingerprint density at radius 1 is 1.50 bits per heavy atom. The van der Waals surface area contributed by atoms with Crippen molar-refractivity contribution in [2.75, 3.05) is 6.61 Å². The summed E-state index contributed by atoms with van der Waals surface area (Å²) in [6.45, 7) is 2.94. The maximum absolute atomic E-state index is 9.25. The average Bonchev–Trinajstić information content (AvgIpc) is 2.07. The van der Waals surface area contributed by atoms with Crippen molar-refractivity contribution in [3.8, 4) is 11.5 Å². The van der Waals surface area contributed by atoms with Gasteiger partial charge < -0.3 is 9.84 Å². The molecule has 1 aliphatic heterocycles. The standard InChI is InChI=1S/C10H12O2/c1-7-4-5-12-10-3-2-8(11)6-9(7)10/h2-3,6-7,11H,4-5H2,1H3/t7-/m1/s1. The van der Waals surface area contributed by atoms with Gasteiger partial charge in [-0.1, -0.05) is 6.92 Å². The van der Waals surface area contributed by atoms with Crippen molar-refractivity contribution in [1.82, 2.24) is 0 Å². The second-order valence-corrected chi connectivity index (χ2v) is 3.26. The molecule has 0 saturated heterocycles. The van der Waals surface area contributed by atoms with Gasteiger partial charge in [0.25, 0.3) is 0 Å². The minimum Gasteiger partial charge on any atom is -0.508 e. The minimum atomic E-state index is 0.325. The van der Waals surface area contributed by atoms with Crippen molar-refractivity contribution >= 4 is 0 Å². The summed E-state index contributed by atoms with van der Waals surface area (Å²) in [4.78, 5) is 0. The van der Waals surface area contributed by atoms with Crippen LogP contribution in [0.3, 0.4) is 0 Å². The molecular formula is C10H12O2. The van der Waals surface area contributed by atoms with Gasteiger partial charge in [-0.05, 0) is 30.5 Å². The predicted molar refractivity (Wildman–Crippen MR) is 46.6 cm³/mol. The number of ether oxygens (including phenoxy) is 1. The van der Waals surface area contributed by atoms with Crippen LogP contribution in [0.5, 0.6) is 11.5 Å². The van der Waals surface area contributed by atoms with Crippen molar-refractivity contribution in [2.45, 2.75) is 19.3 Å². The third-order valence-corrected chi connectivity index (χ3v) is 2.33. The van der Waals surface area contributed by atoms with E-state index in [1.54, 1.807) is 12.1 Å². The highest BCUT2D eigenvalue weighted by molar-refractivity contribution is 5.42. The largest absolute Gasteiger partial charge is 0.508 e. The maximum atomic E-state index is 9.25. The summed E-state index contributed by atoms with van der Waals surface area (Å²) >= 11 is 0. The molecule has 0 radical (unpaired) electrons. The Morgan fingerprint density at radius 3 is 3.17 bits per heavy atom. The van der Waals surface area contributed by atoms with E-state index in [4.69, 9.17) is 4.74 Å². The monoisotopic (exact) mass is 164 g/mol. The first kappa shape index (κ1) is 7.47. The highest BCUT2D eigenvalue weighted by atomic mass is 16.5. The van der Waals surface area contributed by atoms with Crippen LogP contribution in [-0.2, 0) is 0 Å². The van der Waals surface area contributed by atoms with E-state index in [0.29, 0.717) is 11.7 Å². The molecule has 0 saturated carbocycles. The van der Waals surface area contributed by atoms with E-state index in [9.17, 15) is 5.11 Å². The zero-order valence-electron chi connectivity index (χ0n) is 7.08. The second-order valence-electron chi connectivity index (χ2n) is 3.26. The van der Waals surface area contributed by atoms with Gasteiger partial charge in [0.05, 0.1) is 6.61 Å². The molecule has 0 aromatic heterocycles. The van der Waals surface area contributed by atoms with E-state index in [-0.39, 0.29) is 0 Å². The number of fused-ring (bicyclic) bond motifs is 1. The highest BCUT2D eigenvalue weighted by Gasteiger charge is 2.17. The lowest BCUT2D eigenvalue weighted by molar-refractivity contribution is 0.271. The van der Waals surface area contributed by atoms with Crippen LogP contribution >= 0.6 is 0 Å². The zero-order valence-corrected chi connectivity index (χ0v) is 7.08. The Kier molecular flexibility index (Phi) is 1.68. The third kappa shape index (κ3) is 1.13. The first-order valence-corrected chi connectivity index (χ1v) is 4.23. The van der Waals surface area contributed by atoms with Gasteiger partial charge in [0.2, 0.25) is 0 Å². The van der Waals surface area contributed by atoms with E-state index in [1.165, 1.54) is 0 Å². The first-order valence-electron chi connectivity index (χ1n) is 4.23. The van der Waals surface area contributed by atoms with Gasteiger partial charge in [0.1, 0.15) is 11.5 Å². The number of hydrogen-bond acceptors (Lipinski definition) is 2. The van der Waals surface area contributed by atoms with E-state index >= 15 is 0 Å². The van der Waals surface area contributed by atoms with Crippen LogP contribution in [0.2, 0.25) is 0 Å². The Bertz CT molecular complexity index is 294. The molecule has 2 heteroatoms. The van der Waals surface area contributed by atoms with Crippen LogP contribution in [0.15, 0.2) is 18.2 Å². The molecule has 0 fully saturated rings. The molecule has 2 rings (SSSR count). The molecule has 1 aromatic rings. The van der Waals surface area contributed by atoms with Gasteiger partial charge in [-0.2, -0.15) is 0 Å². The fraction of sp³-hybridized carbons (Fsp3) is 0.400. The summed E-state index contributed by atoms with van der Waals surface area (Å²) in [5.74, 6) is 1.75. The number of rotatable bonds is 0. The van der Waals surface area contributed by atoms with Crippen LogP contribution in [0.4, 0.5) is 0 Å². The molecule has 1 N–H and O–H groups in total. The lowest BCUT2D eigenvalue weighted by atomic mass is 9.95. The maximum Gasteiger partial charge on any atom is 0.123 e. The quantitative estimate of drug-likeness (QED) is 0.637. The van der Waals surface area contributed by atoms with Gasteiger partial charge in [0, 0.05) is 5.56 Å². The zero-order chi connectivity index (χ0) is 8.55. The lowest BCUT2D eigenvalue weighted by Gasteiger charge is -2.22. The average molecular weight is 164 g/mol. The summed E-state index contributed by atoms with van der Waals surface area (Å²) in [6.07, 6.45) is 1.04. The lowest BCUT2D eigenvalue weighted by Crippen LogP contribution is -2.11. The van der Waals surface area contributed by atoms with Crippen LogP contribution in [-0.4, -0.2) is 11.7 Å². The molecule has 0 bridgehead atoms. The molecule has 64 valence electrons. The number of aromatic hydroxyl groups is 1. The van der Waals surface area contributed by atoms with Crippen LogP contribution in [0, 0.1) is 0 Å². The highest BCUT2D eigenvalue weighted by Crippen LogP contribution is 2.35. The Hall–Kier alpha value is -1.18. The summed E-state index contributed by atoms with van der Waals surface area (Å²) in [7, 11) is 0. The van der Waals surface area contributed by atoms with Crippen molar-refractivity contribution < 1.29 is 9.84 Å². The summed E-state index contributed by atoms with van der Waals surface area (Å²) in [5.41, 5.74) is 1.13. The predicted octanol–water partition coefficient (Wildman–Crippen LogP) is 2.28. The number of phenolic OH excluding ortho intramolecular Hbond substituents is 1. The molecule has 1 aromatic carbocycles. The molecule has 2 nitrogen and oxygen atoms in total. The number of hydrogen-bond donors (Lipinski definition) is 1. The van der Waals surface area contributed by atoms with Crippen molar-refractivity contribution in [3.63, 3.8) is 0 Å². The number of phenols is 1. The minimum absolute atomic E-state index is 0.325. The molecular weight excluding hydrogens is 152 g/mol. The van der Waals surface area contributed by atoms with Gasteiger partial charge in [-0.25, -0.2) is 0 Å². The second kappa shape index (κ2) is 2.70. The first-order chi connectivity index (χ1) is 5.77. The van der Waals surface area contributed by atoms with Gasteiger partial charge in [-0.15, -0.1) is 0 Å². The Morgan fingerprint density at radius 2 is 2.33 bits per heavy atom. The molecule has 1 aliphatic rings. The van der Waals surface area contributed by atoms with Crippen molar-refractivity contribution in [3.05, 3.63) is 23.8 Å². The molecule has 1 atom stereocenters. The Labute approximate surface area is 71.8 Å². The SMILES string of the molecule is C[C@@H]1CCOc2ccc(O)cc21. The molecule has 12 heavy (non-hydrogen) atoms.